The van der Waals surface area contributed by atoms with Crippen molar-refractivity contribution in [3.8, 4) is 11.5 Å². The van der Waals surface area contributed by atoms with Crippen molar-refractivity contribution < 1.29 is 24.2 Å². The highest BCUT2D eigenvalue weighted by Gasteiger charge is 2.48. The predicted molar refractivity (Wildman–Crippen MR) is 125 cm³/mol. The number of ketones is 1. The quantitative estimate of drug-likeness (QED) is 0.337. The van der Waals surface area contributed by atoms with Gasteiger partial charge in [0.2, 0.25) is 0 Å². The number of anilines is 1. The maximum absolute atomic E-state index is 13.3. The second-order valence-corrected chi connectivity index (χ2v) is 8.50. The van der Waals surface area contributed by atoms with Crippen molar-refractivity contribution in [1.29, 1.82) is 0 Å². The Morgan fingerprint density at radius 2 is 1.78 bits per heavy atom. The lowest BCUT2D eigenvalue weighted by molar-refractivity contribution is -0.132. The van der Waals surface area contributed by atoms with E-state index < -0.39 is 17.7 Å². The van der Waals surface area contributed by atoms with E-state index in [0.29, 0.717) is 22.7 Å². The zero-order valence-electron chi connectivity index (χ0n) is 18.2. The number of para-hydroxylation sites is 2. The summed E-state index contributed by atoms with van der Waals surface area (Å²) in [6.07, 6.45) is 0. The van der Waals surface area contributed by atoms with Crippen LogP contribution in [0.3, 0.4) is 0 Å². The number of ether oxygens (including phenoxy) is 2. The maximum Gasteiger partial charge on any atom is 0.300 e. The standard InChI is InChI=1S/C25H23NO5S/c1-14-12-15(2)24(31-4)16(13-14)22(27)20-21(19-10-7-11-32-19)26(25(29)23(20)28)17-8-5-6-9-18(17)30-3/h5-13,21,27H,1-4H3/b22-20-. The molecule has 1 aromatic heterocycles. The van der Waals surface area contributed by atoms with Crippen LogP contribution in [-0.4, -0.2) is 31.0 Å². The Morgan fingerprint density at radius 3 is 2.44 bits per heavy atom. The van der Waals surface area contributed by atoms with Gasteiger partial charge < -0.3 is 14.6 Å². The van der Waals surface area contributed by atoms with Crippen LogP contribution in [0.15, 0.2) is 59.5 Å². The summed E-state index contributed by atoms with van der Waals surface area (Å²) in [5.74, 6) is -0.824. The number of methoxy groups -OCH3 is 2. The number of nitrogens with zero attached hydrogens (tertiary/aromatic N) is 1. The number of amides is 1. The number of aliphatic hydroxyl groups is 1. The van der Waals surface area contributed by atoms with E-state index in [4.69, 9.17) is 9.47 Å². The topological polar surface area (TPSA) is 76.1 Å². The van der Waals surface area contributed by atoms with Gasteiger partial charge >= 0.3 is 0 Å². The molecule has 2 aromatic carbocycles. The molecule has 1 amide bonds. The number of hydrogen-bond acceptors (Lipinski definition) is 6. The second-order valence-electron chi connectivity index (χ2n) is 7.52. The van der Waals surface area contributed by atoms with E-state index in [0.717, 1.165) is 16.0 Å². The molecule has 0 radical (unpaired) electrons. The largest absolute Gasteiger partial charge is 0.507 e. The molecular formula is C25H23NO5S. The first kappa shape index (κ1) is 21.6. The molecule has 1 saturated heterocycles. The third-order valence-corrected chi connectivity index (χ3v) is 6.40. The van der Waals surface area contributed by atoms with Crippen LogP contribution in [0.25, 0.3) is 5.76 Å². The Hall–Kier alpha value is -3.58. The Balaban J connectivity index is 2.00. The van der Waals surface area contributed by atoms with Crippen molar-refractivity contribution in [2.75, 3.05) is 19.1 Å². The van der Waals surface area contributed by atoms with Gasteiger partial charge in [0.05, 0.1) is 31.0 Å². The molecular weight excluding hydrogens is 426 g/mol. The third-order valence-electron chi connectivity index (χ3n) is 5.48. The molecule has 32 heavy (non-hydrogen) atoms. The number of carbonyl (C=O) groups is 2. The fourth-order valence-electron chi connectivity index (χ4n) is 4.17. The number of carbonyl (C=O) groups excluding carboxylic acids is 2. The lowest BCUT2D eigenvalue weighted by Crippen LogP contribution is -2.29. The smallest absolute Gasteiger partial charge is 0.300 e. The number of Topliss-reactive ketones (excluding diaryl/α,β-unsaturated/α-hetero) is 1. The van der Waals surface area contributed by atoms with Crippen LogP contribution >= 0.6 is 11.3 Å². The maximum atomic E-state index is 13.3. The number of thiophene rings is 1. The third kappa shape index (κ3) is 3.44. The zero-order valence-corrected chi connectivity index (χ0v) is 19.0. The molecule has 0 saturated carbocycles. The summed E-state index contributed by atoms with van der Waals surface area (Å²) in [4.78, 5) is 28.7. The number of aliphatic hydroxyl groups excluding tert-OH is 1. The van der Waals surface area contributed by atoms with Crippen molar-refractivity contribution in [3.63, 3.8) is 0 Å². The SMILES string of the molecule is COc1ccccc1N1C(=O)C(=O)/C(=C(\O)c2cc(C)cc(C)c2OC)C1c1cccs1. The molecule has 1 aliphatic rings. The molecule has 0 spiro atoms. The molecule has 1 N–H and O–H groups in total. The molecule has 0 aliphatic carbocycles. The van der Waals surface area contributed by atoms with Crippen LogP contribution in [0.2, 0.25) is 0 Å². The normalized spacial score (nSPS) is 17.6. The second kappa shape index (κ2) is 8.51. The molecule has 1 fully saturated rings. The van der Waals surface area contributed by atoms with E-state index in [1.807, 2.05) is 37.4 Å². The average molecular weight is 450 g/mol. The summed E-state index contributed by atoms with van der Waals surface area (Å²) in [7, 11) is 3.02. The van der Waals surface area contributed by atoms with Crippen LogP contribution in [0.1, 0.15) is 27.6 Å². The highest BCUT2D eigenvalue weighted by atomic mass is 32.1. The van der Waals surface area contributed by atoms with E-state index in [1.165, 1.54) is 30.5 Å². The van der Waals surface area contributed by atoms with E-state index >= 15 is 0 Å². The van der Waals surface area contributed by atoms with Crippen LogP contribution in [0, 0.1) is 13.8 Å². The van der Waals surface area contributed by atoms with Gasteiger partial charge in [-0.05, 0) is 54.6 Å². The zero-order chi connectivity index (χ0) is 23.0. The molecule has 0 bridgehead atoms. The van der Waals surface area contributed by atoms with Gasteiger partial charge in [0.15, 0.2) is 0 Å². The highest BCUT2D eigenvalue weighted by Crippen LogP contribution is 2.47. The Bertz CT molecular complexity index is 1230. The van der Waals surface area contributed by atoms with E-state index in [-0.39, 0.29) is 11.3 Å². The first-order valence-electron chi connectivity index (χ1n) is 10.0. The summed E-state index contributed by atoms with van der Waals surface area (Å²) in [6.45, 7) is 3.76. The number of rotatable bonds is 5. The van der Waals surface area contributed by atoms with Crippen LogP contribution in [0.4, 0.5) is 5.69 Å². The van der Waals surface area contributed by atoms with Gasteiger partial charge in [-0.1, -0.05) is 24.3 Å². The lowest BCUT2D eigenvalue weighted by Gasteiger charge is -2.25. The monoisotopic (exact) mass is 449 g/mol. The Labute approximate surface area is 190 Å². The average Bonchev–Trinajstić information content (AvgIpc) is 3.40. The molecule has 1 aliphatic heterocycles. The van der Waals surface area contributed by atoms with Gasteiger partial charge in [0.25, 0.3) is 11.7 Å². The first-order chi connectivity index (χ1) is 15.4. The first-order valence-corrected chi connectivity index (χ1v) is 10.9. The number of hydrogen-bond donors (Lipinski definition) is 1. The van der Waals surface area contributed by atoms with Crippen molar-refractivity contribution in [3.05, 3.63) is 81.1 Å². The van der Waals surface area contributed by atoms with Gasteiger partial charge in [-0.15, -0.1) is 11.3 Å². The summed E-state index contributed by atoms with van der Waals surface area (Å²) in [6, 6.07) is 13.6. The van der Waals surface area contributed by atoms with Gasteiger partial charge in [-0.3, -0.25) is 14.5 Å². The van der Waals surface area contributed by atoms with Gasteiger partial charge in [-0.25, -0.2) is 0 Å². The molecule has 1 unspecified atom stereocenters. The van der Waals surface area contributed by atoms with E-state index in [2.05, 4.69) is 0 Å². The molecule has 1 atom stereocenters. The minimum atomic E-state index is -0.795. The predicted octanol–water partition coefficient (Wildman–Crippen LogP) is 5.01. The summed E-state index contributed by atoms with van der Waals surface area (Å²) < 4.78 is 11.0. The summed E-state index contributed by atoms with van der Waals surface area (Å²) in [5, 5.41) is 13.3. The minimum Gasteiger partial charge on any atom is -0.507 e. The van der Waals surface area contributed by atoms with Gasteiger partial charge in [-0.2, -0.15) is 0 Å². The Kier molecular flexibility index (Phi) is 5.76. The van der Waals surface area contributed by atoms with Crippen LogP contribution < -0.4 is 14.4 Å². The Morgan fingerprint density at radius 1 is 1.03 bits per heavy atom. The summed E-state index contributed by atoms with van der Waals surface area (Å²) >= 11 is 1.41. The van der Waals surface area contributed by atoms with Gasteiger partial charge in [0.1, 0.15) is 23.3 Å². The molecule has 4 rings (SSSR count). The van der Waals surface area contributed by atoms with E-state index in [1.54, 1.807) is 30.3 Å². The lowest BCUT2D eigenvalue weighted by atomic mass is 9.96. The van der Waals surface area contributed by atoms with Crippen LogP contribution in [-0.2, 0) is 9.59 Å². The van der Waals surface area contributed by atoms with Crippen molar-refractivity contribution >= 4 is 34.5 Å². The summed E-state index contributed by atoms with van der Waals surface area (Å²) in [5.41, 5.74) is 2.58. The highest BCUT2D eigenvalue weighted by molar-refractivity contribution is 7.10. The van der Waals surface area contributed by atoms with Crippen molar-refractivity contribution in [1.82, 2.24) is 0 Å². The molecule has 6 nitrogen and oxygen atoms in total. The molecule has 3 aromatic rings. The van der Waals surface area contributed by atoms with Crippen molar-refractivity contribution in [2.45, 2.75) is 19.9 Å². The van der Waals surface area contributed by atoms with E-state index in [9.17, 15) is 14.7 Å². The molecule has 164 valence electrons. The molecule has 7 heteroatoms. The fourth-order valence-corrected chi connectivity index (χ4v) is 5.00. The minimum absolute atomic E-state index is 0.0201. The van der Waals surface area contributed by atoms with Gasteiger partial charge in [0, 0.05) is 4.88 Å². The molecule has 2 heterocycles. The van der Waals surface area contributed by atoms with Crippen molar-refractivity contribution in [2.24, 2.45) is 0 Å². The van der Waals surface area contributed by atoms with Crippen LogP contribution in [0.5, 0.6) is 11.5 Å². The fraction of sp³-hybridized carbons (Fsp3) is 0.200. The number of aryl methyl sites for hydroxylation is 2. The number of benzene rings is 2.